The highest BCUT2D eigenvalue weighted by Gasteiger charge is 2.35. The van der Waals surface area contributed by atoms with Crippen LogP contribution in [0, 0.1) is 5.82 Å². The average Bonchev–Trinajstić information content (AvgIpc) is 2.54. The minimum atomic E-state index is -0.772. The predicted molar refractivity (Wildman–Crippen MR) is 62.2 cm³/mol. The van der Waals surface area contributed by atoms with E-state index in [1.165, 1.54) is 6.07 Å². The first-order valence-corrected chi connectivity index (χ1v) is 5.72. The van der Waals surface area contributed by atoms with Gasteiger partial charge in [0, 0.05) is 19.5 Å². The number of nitrogens with zero attached hydrogens (tertiary/aromatic N) is 1. The van der Waals surface area contributed by atoms with Gasteiger partial charge in [-0.1, -0.05) is 23.7 Å². The Balaban J connectivity index is 2.18. The van der Waals surface area contributed by atoms with Gasteiger partial charge < -0.3 is 10.0 Å². The third-order valence-corrected chi connectivity index (χ3v) is 3.50. The third kappa shape index (κ3) is 2.37. The monoisotopic (exact) mass is 243 g/mol. The topological polar surface area (TPSA) is 23.5 Å². The molecule has 0 bridgehead atoms. The summed E-state index contributed by atoms with van der Waals surface area (Å²) in [6.07, 6.45) is 1.12. The Morgan fingerprint density at radius 1 is 1.56 bits per heavy atom. The molecule has 4 heteroatoms. The van der Waals surface area contributed by atoms with Crippen molar-refractivity contribution in [2.45, 2.75) is 18.4 Å². The number of halogens is 2. The second-order valence-electron chi connectivity index (χ2n) is 4.60. The van der Waals surface area contributed by atoms with Gasteiger partial charge in [-0.05, 0) is 25.1 Å². The number of likely N-dealkylation sites (N-methyl/N-ethyl adjacent to an activating group) is 1. The van der Waals surface area contributed by atoms with Crippen molar-refractivity contribution < 1.29 is 9.50 Å². The van der Waals surface area contributed by atoms with E-state index in [0.717, 1.165) is 6.54 Å². The van der Waals surface area contributed by atoms with Gasteiger partial charge in [0.25, 0.3) is 0 Å². The predicted octanol–water partition coefficient (Wildman–Crippen LogP) is 2.09. The summed E-state index contributed by atoms with van der Waals surface area (Å²) in [5, 5.41) is 10.4. The summed E-state index contributed by atoms with van der Waals surface area (Å²) in [7, 11) is 1.96. The van der Waals surface area contributed by atoms with Crippen molar-refractivity contribution in [1.29, 1.82) is 0 Å². The highest BCUT2D eigenvalue weighted by molar-refractivity contribution is 6.31. The Labute approximate surface area is 99.6 Å². The Kier molecular flexibility index (Phi) is 3.19. The fourth-order valence-electron chi connectivity index (χ4n) is 2.24. The molecule has 1 fully saturated rings. The maximum atomic E-state index is 13.2. The minimum absolute atomic E-state index is 0.130. The van der Waals surface area contributed by atoms with Crippen LogP contribution >= 0.6 is 11.6 Å². The van der Waals surface area contributed by atoms with Crippen molar-refractivity contribution in [3.8, 4) is 0 Å². The number of likely N-dealkylation sites (tertiary alicyclic amines) is 1. The van der Waals surface area contributed by atoms with Gasteiger partial charge in [-0.2, -0.15) is 0 Å². The van der Waals surface area contributed by atoms with E-state index in [9.17, 15) is 9.50 Å². The van der Waals surface area contributed by atoms with E-state index in [-0.39, 0.29) is 5.02 Å². The van der Waals surface area contributed by atoms with Gasteiger partial charge in [0.2, 0.25) is 0 Å². The van der Waals surface area contributed by atoms with Crippen LogP contribution < -0.4 is 0 Å². The zero-order chi connectivity index (χ0) is 11.8. The maximum Gasteiger partial charge on any atom is 0.142 e. The average molecular weight is 244 g/mol. The fraction of sp³-hybridized carbons (Fsp3) is 0.500. The number of β-amino-alcohol motifs (C(OH)–C–C–N with tert-alkyl or cyclic N) is 1. The van der Waals surface area contributed by atoms with Crippen molar-refractivity contribution in [2.24, 2.45) is 0 Å². The first-order chi connectivity index (χ1) is 7.50. The van der Waals surface area contributed by atoms with Crippen LogP contribution in [0.15, 0.2) is 18.2 Å². The number of benzene rings is 1. The Hall–Kier alpha value is -0.640. The van der Waals surface area contributed by atoms with Crippen molar-refractivity contribution in [1.82, 2.24) is 4.90 Å². The molecule has 2 nitrogen and oxygen atoms in total. The molecule has 1 unspecified atom stereocenters. The van der Waals surface area contributed by atoms with Gasteiger partial charge in [-0.25, -0.2) is 4.39 Å². The molecule has 1 atom stereocenters. The third-order valence-electron chi connectivity index (χ3n) is 3.07. The number of hydrogen-bond donors (Lipinski definition) is 1. The van der Waals surface area contributed by atoms with Gasteiger partial charge in [-0.3, -0.25) is 0 Å². The lowest BCUT2D eigenvalue weighted by Crippen LogP contribution is -2.34. The van der Waals surface area contributed by atoms with E-state index in [0.29, 0.717) is 24.9 Å². The molecule has 0 radical (unpaired) electrons. The summed E-state index contributed by atoms with van der Waals surface area (Å²) in [4.78, 5) is 2.06. The SMILES string of the molecule is CN1CCC(O)(Cc2cccc(F)c2Cl)C1. The second-order valence-corrected chi connectivity index (χ2v) is 4.98. The van der Waals surface area contributed by atoms with Gasteiger partial charge in [0.05, 0.1) is 10.6 Å². The fourth-order valence-corrected chi connectivity index (χ4v) is 2.44. The largest absolute Gasteiger partial charge is 0.388 e. The van der Waals surface area contributed by atoms with Gasteiger partial charge in [-0.15, -0.1) is 0 Å². The van der Waals surface area contributed by atoms with Crippen LogP contribution in [0.1, 0.15) is 12.0 Å². The van der Waals surface area contributed by atoms with Crippen LogP contribution in [0.2, 0.25) is 5.02 Å². The van der Waals surface area contributed by atoms with Crippen molar-refractivity contribution in [3.05, 3.63) is 34.6 Å². The molecular formula is C12H15ClFNO. The van der Waals surface area contributed by atoms with E-state index in [2.05, 4.69) is 4.90 Å². The summed E-state index contributed by atoms with van der Waals surface area (Å²) in [6, 6.07) is 4.72. The van der Waals surface area contributed by atoms with Crippen LogP contribution in [0.25, 0.3) is 0 Å². The molecule has 1 aliphatic rings. The normalized spacial score (nSPS) is 26.2. The molecule has 0 amide bonds. The summed E-state index contributed by atoms with van der Waals surface area (Å²) in [6.45, 7) is 1.48. The standard InChI is InChI=1S/C12H15ClFNO/c1-15-6-5-12(16,8-15)7-9-3-2-4-10(14)11(9)13/h2-4,16H,5-8H2,1H3. The Bertz CT molecular complexity index is 399. The summed E-state index contributed by atoms with van der Waals surface area (Å²) >= 11 is 5.87. The molecule has 2 rings (SSSR count). The van der Waals surface area contributed by atoms with Crippen LogP contribution in [0.4, 0.5) is 4.39 Å². The number of aliphatic hydroxyl groups is 1. The highest BCUT2D eigenvalue weighted by atomic mass is 35.5. The summed E-state index contributed by atoms with van der Waals surface area (Å²) in [5.74, 6) is -0.422. The minimum Gasteiger partial charge on any atom is -0.388 e. The zero-order valence-corrected chi connectivity index (χ0v) is 9.97. The lowest BCUT2D eigenvalue weighted by molar-refractivity contribution is 0.0523. The molecule has 1 heterocycles. The van der Waals surface area contributed by atoms with Gasteiger partial charge in [0.15, 0.2) is 0 Å². The molecule has 1 aromatic rings. The molecule has 16 heavy (non-hydrogen) atoms. The lowest BCUT2D eigenvalue weighted by atomic mass is 9.94. The van der Waals surface area contributed by atoms with Gasteiger partial charge in [0.1, 0.15) is 5.82 Å². The zero-order valence-electron chi connectivity index (χ0n) is 9.21. The van der Waals surface area contributed by atoms with Crippen LogP contribution in [-0.2, 0) is 6.42 Å². The molecule has 1 N–H and O–H groups in total. The Morgan fingerprint density at radius 2 is 2.31 bits per heavy atom. The Morgan fingerprint density at radius 3 is 2.94 bits per heavy atom. The molecule has 1 aromatic carbocycles. The first kappa shape index (κ1) is 11.8. The molecule has 0 saturated carbocycles. The van der Waals surface area contributed by atoms with E-state index in [1.807, 2.05) is 7.05 Å². The second kappa shape index (κ2) is 4.32. The first-order valence-electron chi connectivity index (χ1n) is 5.34. The van der Waals surface area contributed by atoms with Crippen LogP contribution in [-0.4, -0.2) is 35.7 Å². The molecule has 1 aliphatic heterocycles. The van der Waals surface area contributed by atoms with Crippen molar-refractivity contribution >= 4 is 11.6 Å². The highest BCUT2D eigenvalue weighted by Crippen LogP contribution is 2.28. The van der Waals surface area contributed by atoms with Crippen molar-refractivity contribution in [3.63, 3.8) is 0 Å². The van der Waals surface area contributed by atoms with E-state index in [1.54, 1.807) is 12.1 Å². The van der Waals surface area contributed by atoms with Crippen LogP contribution in [0.5, 0.6) is 0 Å². The maximum absolute atomic E-state index is 13.2. The smallest absolute Gasteiger partial charge is 0.142 e. The van der Waals surface area contributed by atoms with Crippen LogP contribution in [0.3, 0.4) is 0 Å². The van der Waals surface area contributed by atoms with E-state index < -0.39 is 11.4 Å². The molecule has 0 aliphatic carbocycles. The molecule has 0 spiro atoms. The van der Waals surface area contributed by atoms with E-state index in [4.69, 9.17) is 11.6 Å². The molecular weight excluding hydrogens is 229 g/mol. The lowest BCUT2D eigenvalue weighted by Gasteiger charge is -2.23. The summed E-state index contributed by atoms with van der Waals surface area (Å²) < 4.78 is 13.2. The summed E-state index contributed by atoms with van der Waals surface area (Å²) in [5.41, 5.74) is -0.0916. The molecule has 0 aromatic heterocycles. The van der Waals surface area contributed by atoms with E-state index >= 15 is 0 Å². The molecule has 88 valence electrons. The number of rotatable bonds is 2. The number of hydrogen-bond acceptors (Lipinski definition) is 2. The quantitative estimate of drug-likeness (QED) is 0.860. The molecule has 1 saturated heterocycles. The van der Waals surface area contributed by atoms with Crippen molar-refractivity contribution in [2.75, 3.05) is 20.1 Å². The van der Waals surface area contributed by atoms with Gasteiger partial charge >= 0.3 is 0 Å².